The Morgan fingerprint density at radius 3 is 1.65 bits per heavy atom. The zero-order chi connectivity index (χ0) is 49.5. The fourth-order valence-corrected chi connectivity index (χ4v) is 10.3. The summed E-state index contributed by atoms with van der Waals surface area (Å²) in [6.07, 6.45) is 35.3. The number of hydrogen-bond donors (Lipinski definition) is 1. The van der Waals surface area contributed by atoms with E-state index < -0.39 is 5.97 Å². The minimum Gasteiger partial charge on any atom is -0.466 e. The van der Waals surface area contributed by atoms with Gasteiger partial charge in [0.25, 0.3) is 0 Å². The summed E-state index contributed by atoms with van der Waals surface area (Å²) < 4.78 is 17.0. The van der Waals surface area contributed by atoms with E-state index in [0.29, 0.717) is 75.4 Å². The molecule has 0 unspecified atom stereocenters. The number of amides is 2. The smallest absolute Gasteiger partial charge is 0.341 e. The van der Waals surface area contributed by atoms with Crippen molar-refractivity contribution >= 4 is 46.1 Å². The molecule has 0 saturated heterocycles. The molecule has 1 aromatic rings. The average Bonchev–Trinajstić information content (AvgIpc) is 3.68. The van der Waals surface area contributed by atoms with Gasteiger partial charge in [0.1, 0.15) is 5.00 Å². The van der Waals surface area contributed by atoms with Gasteiger partial charge in [0, 0.05) is 37.2 Å². The van der Waals surface area contributed by atoms with Crippen molar-refractivity contribution < 1.29 is 38.2 Å². The highest BCUT2D eigenvalue weighted by molar-refractivity contribution is 7.17. The van der Waals surface area contributed by atoms with Crippen LogP contribution in [-0.2, 0) is 46.4 Å². The summed E-state index contributed by atoms with van der Waals surface area (Å²) in [5.41, 5.74) is 1.29. The molecular weight excluding hydrogens is 875 g/mol. The summed E-state index contributed by atoms with van der Waals surface area (Å²) in [6, 6.07) is 0. The van der Waals surface area contributed by atoms with Crippen LogP contribution in [0.4, 0.5) is 5.00 Å². The first-order valence-corrected chi connectivity index (χ1v) is 28.8. The van der Waals surface area contributed by atoms with Gasteiger partial charge in [-0.1, -0.05) is 162 Å². The average molecular weight is 974 g/mol. The third-order valence-corrected chi connectivity index (χ3v) is 14.5. The lowest BCUT2D eigenvalue weighted by Crippen LogP contribution is -2.35. The number of ether oxygens (including phenoxy) is 3. The quantitative estimate of drug-likeness (QED) is 0.0386. The van der Waals surface area contributed by atoms with E-state index >= 15 is 0 Å². The monoisotopic (exact) mass is 974 g/mol. The summed E-state index contributed by atoms with van der Waals surface area (Å²) in [5.74, 6) is -0.717. The van der Waals surface area contributed by atoms with E-state index in [9.17, 15) is 24.0 Å². The van der Waals surface area contributed by atoms with E-state index in [1.54, 1.807) is 0 Å². The Labute approximate surface area is 418 Å². The second kappa shape index (κ2) is 40.7. The van der Waals surface area contributed by atoms with Crippen molar-refractivity contribution in [3.63, 3.8) is 0 Å². The van der Waals surface area contributed by atoms with Crippen molar-refractivity contribution in [2.24, 2.45) is 5.92 Å². The van der Waals surface area contributed by atoms with Crippen LogP contribution in [0, 0.1) is 5.92 Å². The molecule has 1 N–H and O–H groups in total. The number of fused-ring (bicyclic) bond motifs is 1. The molecule has 11 nitrogen and oxygen atoms in total. The van der Waals surface area contributed by atoms with E-state index in [2.05, 4.69) is 26.1 Å². The van der Waals surface area contributed by atoms with Crippen molar-refractivity contribution in [2.75, 3.05) is 52.3 Å². The molecule has 2 rings (SSSR count). The summed E-state index contributed by atoms with van der Waals surface area (Å²) in [4.78, 5) is 70.4. The maximum absolute atomic E-state index is 13.6. The molecule has 0 atom stereocenters. The molecule has 1 aliphatic rings. The molecule has 392 valence electrons. The third kappa shape index (κ3) is 29.3. The highest BCUT2D eigenvalue weighted by Crippen LogP contribution is 2.38. The Balaban J connectivity index is 1.80. The molecular formula is C56H99N3O8S. The molecule has 0 aromatic carbocycles. The van der Waals surface area contributed by atoms with Gasteiger partial charge in [0.2, 0.25) is 11.8 Å². The van der Waals surface area contributed by atoms with Crippen molar-refractivity contribution in [1.82, 2.24) is 9.80 Å². The Hall–Kier alpha value is -2.99. The molecule has 0 spiro atoms. The highest BCUT2D eigenvalue weighted by atomic mass is 32.1. The van der Waals surface area contributed by atoms with Crippen LogP contribution in [0.2, 0.25) is 0 Å². The fraction of sp³-hybridized carbons (Fsp3) is 0.839. The number of carbonyl (C=O) groups excluding carboxylic acids is 5. The Kier molecular flexibility index (Phi) is 36.6. The molecule has 68 heavy (non-hydrogen) atoms. The lowest BCUT2D eigenvalue weighted by Gasteiger charge is -2.27. The van der Waals surface area contributed by atoms with E-state index in [0.717, 1.165) is 87.6 Å². The molecule has 1 aliphatic heterocycles. The van der Waals surface area contributed by atoms with Gasteiger partial charge < -0.3 is 29.3 Å². The first-order valence-electron chi connectivity index (χ1n) is 28.0. The van der Waals surface area contributed by atoms with Gasteiger partial charge in [-0.25, -0.2) is 4.79 Å². The number of hydrogen-bond acceptors (Lipinski definition) is 10. The van der Waals surface area contributed by atoms with Crippen LogP contribution in [0.25, 0.3) is 0 Å². The van der Waals surface area contributed by atoms with Crippen LogP contribution in [0.1, 0.15) is 260 Å². The second-order valence-electron chi connectivity index (χ2n) is 19.9. The van der Waals surface area contributed by atoms with Crippen molar-refractivity contribution in [3.8, 4) is 0 Å². The lowest BCUT2D eigenvalue weighted by molar-refractivity contribution is -0.149. The van der Waals surface area contributed by atoms with Crippen LogP contribution in [0.3, 0.4) is 0 Å². The molecule has 12 heteroatoms. The normalized spacial score (nSPS) is 12.4. The maximum atomic E-state index is 13.6. The van der Waals surface area contributed by atoms with Gasteiger partial charge >= 0.3 is 17.9 Å². The number of carbonyl (C=O) groups is 5. The molecule has 1 aromatic heterocycles. The van der Waals surface area contributed by atoms with Crippen molar-refractivity contribution in [2.45, 2.75) is 252 Å². The summed E-state index contributed by atoms with van der Waals surface area (Å²) in [7, 11) is 3.96. The number of rotatable bonds is 44. The van der Waals surface area contributed by atoms with Gasteiger partial charge in [-0.05, 0) is 83.9 Å². The van der Waals surface area contributed by atoms with Crippen molar-refractivity contribution in [1.29, 1.82) is 0 Å². The van der Waals surface area contributed by atoms with Gasteiger partial charge in [-0.3, -0.25) is 19.2 Å². The maximum Gasteiger partial charge on any atom is 0.341 e. The first kappa shape index (κ1) is 61.1. The topological polar surface area (TPSA) is 132 Å². The van der Waals surface area contributed by atoms with Gasteiger partial charge in [-0.15, -0.1) is 11.3 Å². The largest absolute Gasteiger partial charge is 0.466 e. The van der Waals surface area contributed by atoms with E-state index in [1.165, 1.54) is 120 Å². The number of thiophene rings is 1. The Morgan fingerprint density at radius 2 is 1.06 bits per heavy atom. The zero-order valence-corrected chi connectivity index (χ0v) is 45.0. The summed E-state index contributed by atoms with van der Waals surface area (Å²) in [5, 5.41) is 3.53. The van der Waals surface area contributed by atoms with E-state index in [-0.39, 0.29) is 42.7 Å². The molecule has 0 saturated carbocycles. The van der Waals surface area contributed by atoms with Gasteiger partial charge in [0.15, 0.2) is 0 Å². The molecule has 0 fully saturated rings. The fourth-order valence-electron chi connectivity index (χ4n) is 9.03. The van der Waals surface area contributed by atoms with Crippen LogP contribution < -0.4 is 5.32 Å². The van der Waals surface area contributed by atoms with Crippen molar-refractivity contribution in [3.05, 3.63) is 16.0 Å². The standard InChI is InChI=1S/C56H99N3O8S/c1-6-9-12-15-18-19-20-25-32-43-65-52(62)39-31-24-23-30-38-51(61)59-42-40-48-49(46-59)68-54(53(48)56(64)67-45-34-41-58(4)5)57-50(60)37-29-26-33-44-66-55(63)47(35-27-21-16-13-10-7-2)36-28-22-17-14-11-8-3/h47H,6-46H2,1-5H3,(H,57,60). The Bertz CT molecular complexity index is 1480. The van der Waals surface area contributed by atoms with Crippen LogP contribution >= 0.6 is 11.3 Å². The summed E-state index contributed by atoms with van der Waals surface area (Å²) >= 11 is 1.37. The molecule has 0 radical (unpaired) electrons. The molecule has 2 amide bonds. The number of esters is 3. The van der Waals surface area contributed by atoms with Gasteiger partial charge in [0.05, 0.1) is 37.8 Å². The summed E-state index contributed by atoms with van der Waals surface area (Å²) in [6.45, 7) is 9.57. The number of anilines is 1. The predicted molar refractivity (Wildman–Crippen MR) is 280 cm³/mol. The minimum absolute atomic E-state index is 0.0207. The minimum atomic E-state index is -0.434. The van der Waals surface area contributed by atoms with Crippen LogP contribution in [-0.4, -0.2) is 86.5 Å². The predicted octanol–water partition coefficient (Wildman–Crippen LogP) is 14.3. The zero-order valence-electron chi connectivity index (χ0n) is 44.1. The number of unbranched alkanes of at least 4 members (excludes halogenated alkanes) is 23. The SMILES string of the molecule is CCCCCCCCCCCOC(=O)CCCCCCC(=O)N1CCc2c(sc(NC(=O)CCCCCOC(=O)C(CCCCCCCC)CCCCCCCC)c2C(=O)OCCCN(C)C)C1. The third-order valence-electron chi connectivity index (χ3n) is 13.3. The van der Waals surface area contributed by atoms with Crippen LogP contribution in [0.5, 0.6) is 0 Å². The highest BCUT2D eigenvalue weighted by Gasteiger charge is 2.31. The van der Waals surface area contributed by atoms with Crippen LogP contribution in [0.15, 0.2) is 0 Å². The van der Waals surface area contributed by atoms with E-state index in [4.69, 9.17) is 14.2 Å². The van der Waals surface area contributed by atoms with E-state index in [1.807, 2.05) is 23.9 Å². The molecule has 0 aliphatic carbocycles. The van der Waals surface area contributed by atoms with Gasteiger partial charge in [-0.2, -0.15) is 0 Å². The number of nitrogens with zero attached hydrogens (tertiary/aromatic N) is 2. The molecule has 0 bridgehead atoms. The lowest BCUT2D eigenvalue weighted by atomic mass is 9.94. The first-order chi connectivity index (χ1) is 33.1. The Morgan fingerprint density at radius 1 is 0.574 bits per heavy atom. The second-order valence-corrected chi connectivity index (χ2v) is 21.0. The number of nitrogens with one attached hydrogen (secondary N) is 1. The molecule has 2 heterocycles.